The van der Waals surface area contributed by atoms with Gasteiger partial charge in [0.15, 0.2) is 0 Å². The summed E-state index contributed by atoms with van der Waals surface area (Å²) >= 11 is 0. The van der Waals surface area contributed by atoms with Gasteiger partial charge in [-0.15, -0.1) is 0 Å². The van der Waals surface area contributed by atoms with Gasteiger partial charge >= 0.3 is 0 Å². The number of rotatable bonds is 2. The van der Waals surface area contributed by atoms with Crippen LogP contribution >= 0.6 is 0 Å². The lowest BCUT2D eigenvalue weighted by molar-refractivity contribution is 0.318. The molecule has 0 heterocycles. The normalized spacial score (nSPS) is 9.46. The van der Waals surface area contributed by atoms with Gasteiger partial charge in [-0.25, -0.2) is 0 Å². The SMILES string of the molecule is CCO.OC/C=C/c1ccccc1. The minimum absolute atomic E-state index is 0.106. The molecule has 2 N–H and O–H groups in total. The average molecular weight is 180 g/mol. The van der Waals surface area contributed by atoms with Crippen LogP contribution in [0, 0.1) is 0 Å². The molecule has 1 aromatic rings. The summed E-state index contributed by atoms with van der Waals surface area (Å²) < 4.78 is 0. The van der Waals surface area contributed by atoms with E-state index in [0.29, 0.717) is 0 Å². The van der Waals surface area contributed by atoms with E-state index in [1.54, 1.807) is 13.0 Å². The number of aliphatic hydroxyl groups is 2. The van der Waals surface area contributed by atoms with Gasteiger partial charge in [-0.1, -0.05) is 42.5 Å². The topological polar surface area (TPSA) is 40.5 Å². The van der Waals surface area contributed by atoms with Crippen molar-refractivity contribution >= 4 is 6.08 Å². The summed E-state index contributed by atoms with van der Waals surface area (Å²) in [5, 5.41) is 16.0. The summed E-state index contributed by atoms with van der Waals surface area (Å²) in [5.41, 5.74) is 1.12. The summed E-state index contributed by atoms with van der Waals surface area (Å²) in [7, 11) is 0. The van der Waals surface area contributed by atoms with Gasteiger partial charge in [-0.2, -0.15) is 0 Å². The van der Waals surface area contributed by atoms with Crippen LogP contribution in [0.4, 0.5) is 0 Å². The van der Waals surface area contributed by atoms with Crippen molar-refractivity contribution in [2.24, 2.45) is 0 Å². The highest BCUT2D eigenvalue weighted by Crippen LogP contribution is 1.99. The lowest BCUT2D eigenvalue weighted by atomic mass is 10.2. The molecule has 0 saturated heterocycles. The zero-order chi connectivity index (χ0) is 9.94. The Morgan fingerprint density at radius 3 is 2.15 bits per heavy atom. The van der Waals surface area contributed by atoms with Crippen molar-refractivity contribution in [2.75, 3.05) is 13.2 Å². The maximum atomic E-state index is 8.44. The van der Waals surface area contributed by atoms with E-state index >= 15 is 0 Å². The third-order valence-electron chi connectivity index (χ3n) is 1.22. The molecule has 0 aliphatic carbocycles. The average Bonchev–Trinajstić information content (AvgIpc) is 2.18. The first kappa shape index (κ1) is 11.9. The summed E-state index contributed by atoms with van der Waals surface area (Å²) in [6.07, 6.45) is 3.61. The molecule has 0 fully saturated rings. The van der Waals surface area contributed by atoms with Gasteiger partial charge in [0.25, 0.3) is 0 Å². The molecular formula is C11H16O2. The van der Waals surface area contributed by atoms with E-state index in [9.17, 15) is 0 Å². The van der Waals surface area contributed by atoms with Gasteiger partial charge in [-0.05, 0) is 12.5 Å². The second-order valence-electron chi connectivity index (χ2n) is 2.31. The third-order valence-corrected chi connectivity index (χ3v) is 1.22. The molecule has 0 amide bonds. The highest BCUT2D eigenvalue weighted by molar-refractivity contribution is 5.48. The van der Waals surface area contributed by atoms with Crippen LogP contribution in [0.3, 0.4) is 0 Å². The predicted molar refractivity (Wildman–Crippen MR) is 55.3 cm³/mol. The molecule has 13 heavy (non-hydrogen) atoms. The molecule has 1 aromatic carbocycles. The second-order valence-corrected chi connectivity index (χ2v) is 2.31. The van der Waals surface area contributed by atoms with Crippen molar-refractivity contribution in [2.45, 2.75) is 6.92 Å². The van der Waals surface area contributed by atoms with Crippen LogP contribution in [-0.2, 0) is 0 Å². The first-order chi connectivity index (χ1) is 6.35. The highest BCUT2D eigenvalue weighted by atomic mass is 16.3. The Morgan fingerprint density at radius 2 is 1.69 bits per heavy atom. The van der Waals surface area contributed by atoms with E-state index < -0.39 is 0 Å². The van der Waals surface area contributed by atoms with Gasteiger partial charge in [0.2, 0.25) is 0 Å². The van der Waals surface area contributed by atoms with E-state index in [2.05, 4.69) is 0 Å². The molecule has 2 nitrogen and oxygen atoms in total. The summed E-state index contributed by atoms with van der Waals surface area (Å²) in [6.45, 7) is 2.04. The maximum absolute atomic E-state index is 8.44. The van der Waals surface area contributed by atoms with E-state index in [4.69, 9.17) is 10.2 Å². The molecule has 0 bridgehead atoms. The molecule has 0 aromatic heterocycles. The Hall–Kier alpha value is -1.12. The van der Waals surface area contributed by atoms with Gasteiger partial charge in [0, 0.05) is 6.61 Å². The third kappa shape index (κ3) is 7.25. The lowest BCUT2D eigenvalue weighted by Crippen LogP contribution is -1.72. The van der Waals surface area contributed by atoms with Crippen LogP contribution in [0.1, 0.15) is 12.5 Å². The molecule has 0 unspecified atom stereocenters. The summed E-state index contributed by atoms with van der Waals surface area (Å²) in [4.78, 5) is 0. The molecule has 0 saturated carbocycles. The number of hydrogen-bond acceptors (Lipinski definition) is 2. The van der Waals surface area contributed by atoms with Crippen LogP contribution in [-0.4, -0.2) is 23.4 Å². The fraction of sp³-hybridized carbons (Fsp3) is 0.273. The first-order valence-corrected chi connectivity index (χ1v) is 4.28. The Bertz CT molecular complexity index is 217. The zero-order valence-electron chi connectivity index (χ0n) is 7.85. The highest BCUT2D eigenvalue weighted by Gasteiger charge is 1.79. The van der Waals surface area contributed by atoms with Crippen LogP contribution in [0.5, 0.6) is 0 Å². The van der Waals surface area contributed by atoms with Crippen LogP contribution in [0.15, 0.2) is 36.4 Å². The Kier molecular flexibility index (Phi) is 8.20. The monoisotopic (exact) mass is 180 g/mol. The Balaban J connectivity index is 0.000000424. The number of hydrogen-bond donors (Lipinski definition) is 2. The van der Waals surface area contributed by atoms with Crippen LogP contribution < -0.4 is 0 Å². The van der Waals surface area contributed by atoms with Gasteiger partial charge in [0.05, 0.1) is 6.61 Å². The molecule has 0 atom stereocenters. The second kappa shape index (κ2) is 8.97. The maximum Gasteiger partial charge on any atom is 0.0615 e. The smallest absolute Gasteiger partial charge is 0.0615 e. The molecule has 2 heteroatoms. The molecule has 72 valence electrons. The van der Waals surface area contributed by atoms with Crippen LogP contribution in [0.25, 0.3) is 6.08 Å². The molecule has 0 aliphatic heterocycles. The van der Waals surface area contributed by atoms with Crippen molar-refractivity contribution in [1.82, 2.24) is 0 Å². The van der Waals surface area contributed by atoms with E-state index in [-0.39, 0.29) is 13.2 Å². The van der Waals surface area contributed by atoms with Gasteiger partial charge in [-0.3, -0.25) is 0 Å². The number of aliphatic hydroxyl groups excluding tert-OH is 2. The van der Waals surface area contributed by atoms with E-state index in [1.807, 2.05) is 36.4 Å². The van der Waals surface area contributed by atoms with E-state index in [0.717, 1.165) is 5.56 Å². The standard InChI is InChI=1S/C9H10O.C2H6O/c10-8-4-7-9-5-2-1-3-6-9;1-2-3/h1-7,10H,8H2;3H,2H2,1H3/b7-4+;. The van der Waals surface area contributed by atoms with Crippen molar-refractivity contribution in [1.29, 1.82) is 0 Å². The van der Waals surface area contributed by atoms with Crippen molar-refractivity contribution in [3.05, 3.63) is 42.0 Å². The Labute approximate surface area is 79.2 Å². The first-order valence-electron chi connectivity index (χ1n) is 4.28. The van der Waals surface area contributed by atoms with Gasteiger partial charge < -0.3 is 10.2 Å². The molecule has 0 spiro atoms. The van der Waals surface area contributed by atoms with Crippen LogP contribution in [0.2, 0.25) is 0 Å². The fourth-order valence-electron chi connectivity index (χ4n) is 0.753. The molecule has 0 aliphatic rings. The fourth-order valence-corrected chi connectivity index (χ4v) is 0.753. The largest absolute Gasteiger partial charge is 0.397 e. The Morgan fingerprint density at radius 1 is 1.15 bits per heavy atom. The molecule has 0 radical (unpaired) electrons. The summed E-state index contributed by atoms with van der Waals surface area (Å²) in [6, 6.07) is 9.89. The van der Waals surface area contributed by atoms with Gasteiger partial charge in [0.1, 0.15) is 0 Å². The quantitative estimate of drug-likeness (QED) is 0.727. The minimum Gasteiger partial charge on any atom is -0.397 e. The van der Waals surface area contributed by atoms with Crippen molar-refractivity contribution in [3.8, 4) is 0 Å². The minimum atomic E-state index is 0.106. The number of benzene rings is 1. The molecule has 1 rings (SSSR count). The van der Waals surface area contributed by atoms with Crippen molar-refractivity contribution < 1.29 is 10.2 Å². The van der Waals surface area contributed by atoms with E-state index in [1.165, 1.54) is 0 Å². The zero-order valence-corrected chi connectivity index (χ0v) is 7.85. The lowest BCUT2D eigenvalue weighted by Gasteiger charge is -1.88. The van der Waals surface area contributed by atoms with Crippen molar-refractivity contribution in [3.63, 3.8) is 0 Å². The predicted octanol–water partition coefficient (Wildman–Crippen LogP) is 1.69. The summed E-state index contributed by atoms with van der Waals surface area (Å²) in [5.74, 6) is 0. The molecular weight excluding hydrogens is 164 g/mol.